The molecule has 0 N–H and O–H groups in total. The third-order valence-electron chi connectivity index (χ3n) is 1.46. The molecule has 14 heavy (non-hydrogen) atoms. The number of carbonyl (C=O) groups is 1. The Balaban J connectivity index is 2.58. The summed E-state index contributed by atoms with van der Waals surface area (Å²) < 4.78 is 5.08. The normalized spacial score (nSPS) is 10.4. The average molecular weight is 192 g/mol. The van der Waals surface area contributed by atoms with E-state index in [1.165, 1.54) is 0 Å². The van der Waals surface area contributed by atoms with Crippen LogP contribution in [0.1, 0.15) is 18.9 Å². The molecule has 1 aromatic rings. The molecule has 4 heteroatoms. The Bertz CT molecular complexity index is 306. The molecule has 0 aromatic carbocycles. The van der Waals surface area contributed by atoms with Gasteiger partial charge >= 0.3 is 6.01 Å². The van der Waals surface area contributed by atoms with Gasteiger partial charge < -0.3 is 9.53 Å². The van der Waals surface area contributed by atoms with Crippen LogP contribution < -0.4 is 4.74 Å². The van der Waals surface area contributed by atoms with Gasteiger partial charge in [-0.1, -0.05) is 12.2 Å². The number of hydrogen-bond donors (Lipinski definition) is 0. The number of carbonyl (C=O) groups excluding carboxylic acids is 1. The van der Waals surface area contributed by atoms with Crippen LogP contribution in [0, 0.1) is 0 Å². The second-order valence-electron chi connectivity index (χ2n) is 2.54. The molecule has 1 rings (SSSR count). The molecule has 0 aliphatic carbocycles. The predicted octanol–water partition coefficient (Wildman–Crippen LogP) is 1.48. The van der Waals surface area contributed by atoms with E-state index in [1.807, 2.05) is 6.92 Å². The lowest BCUT2D eigenvalue weighted by Crippen LogP contribution is -1.96. The van der Waals surface area contributed by atoms with Crippen LogP contribution in [-0.2, 0) is 4.79 Å². The Morgan fingerprint density at radius 1 is 1.43 bits per heavy atom. The fraction of sp³-hybridized carbons (Fsp3) is 0.300. The number of rotatable bonds is 5. The summed E-state index contributed by atoms with van der Waals surface area (Å²) in [7, 11) is 0. The van der Waals surface area contributed by atoms with Crippen molar-refractivity contribution in [2.75, 3.05) is 6.61 Å². The van der Waals surface area contributed by atoms with E-state index < -0.39 is 0 Å². The molecular weight excluding hydrogens is 180 g/mol. The SMILES string of the molecule is CCOc1ncc(C=CCC=O)cn1. The third kappa shape index (κ3) is 3.35. The highest BCUT2D eigenvalue weighted by Gasteiger charge is 1.93. The molecule has 0 saturated heterocycles. The van der Waals surface area contributed by atoms with E-state index in [0.717, 1.165) is 11.8 Å². The minimum absolute atomic E-state index is 0.375. The van der Waals surface area contributed by atoms with Gasteiger partial charge in [-0.2, -0.15) is 0 Å². The summed E-state index contributed by atoms with van der Waals surface area (Å²) in [4.78, 5) is 18.0. The van der Waals surface area contributed by atoms with E-state index in [4.69, 9.17) is 4.74 Å². The predicted molar refractivity (Wildman–Crippen MR) is 52.9 cm³/mol. The second kappa shape index (κ2) is 5.85. The van der Waals surface area contributed by atoms with Crippen molar-refractivity contribution in [2.24, 2.45) is 0 Å². The van der Waals surface area contributed by atoms with Crippen molar-refractivity contribution >= 4 is 12.4 Å². The number of allylic oxidation sites excluding steroid dienone is 1. The summed E-state index contributed by atoms with van der Waals surface area (Å²) in [5.74, 6) is 0. The molecule has 0 amide bonds. The van der Waals surface area contributed by atoms with Crippen LogP contribution in [0.4, 0.5) is 0 Å². The Hall–Kier alpha value is -1.71. The smallest absolute Gasteiger partial charge is 0.316 e. The van der Waals surface area contributed by atoms with Crippen LogP contribution in [0.5, 0.6) is 6.01 Å². The molecule has 0 fully saturated rings. The zero-order valence-electron chi connectivity index (χ0n) is 8.01. The fourth-order valence-corrected chi connectivity index (χ4v) is 0.876. The lowest BCUT2D eigenvalue weighted by molar-refractivity contribution is -0.107. The Morgan fingerprint density at radius 3 is 2.71 bits per heavy atom. The van der Waals surface area contributed by atoms with Gasteiger partial charge in [0.1, 0.15) is 6.29 Å². The van der Waals surface area contributed by atoms with Gasteiger partial charge in [0.05, 0.1) is 6.61 Å². The van der Waals surface area contributed by atoms with Crippen LogP contribution in [0.15, 0.2) is 18.5 Å². The average Bonchev–Trinajstić information content (AvgIpc) is 2.21. The number of nitrogens with zero attached hydrogens (tertiary/aromatic N) is 2. The highest BCUT2D eigenvalue weighted by molar-refractivity contribution is 5.57. The van der Waals surface area contributed by atoms with Gasteiger partial charge in [-0.05, 0) is 6.92 Å². The summed E-state index contributed by atoms with van der Waals surface area (Å²) >= 11 is 0. The number of aromatic nitrogens is 2. The van der Waals surface area contributed by atoms with E-state index in [1.54, 1.807) is 24.5 Å². The van der Waals surface area contributed by atoms with E-state index in [9.17, 15) is 4.79 Å². The summed E-state index contributed by atoms with van der Waals surface area (Å²) in [5, 5.41) is 0. The first-order valence-electron chi connectivity index (χ1n) is 4.42. The third-order valence-corrected chi connectivity index (χ3v) is 1.46. The van der Waals surface area contributed by atoms with Crippen molar-refractivity contribution in [1.29, 1.82) is 0 Å². The van der Waals surface area contributed by atoms with Gasteiger partial charge in [0, 0.05) is 24.4 Å². The minimum atomic E-state index is 0.375. The number of hydrogen-bond acceptors (Lipinski definition) is 4. The van der Waals surface area contributed by atoms with Crippen molar-refractivity contribution in [3.63, 3.8) is 0 Å². The van der Waals surface area contributed by atoms with E-state index in [2.05, 4.69) is 9.97 Å². The molecule has 0 bridgehead atoms. The maximum atomic E-state index is 10.0. The summed E-state index contributed by atoms with van der Waals surface area (Å²) in [6, 6.07) is 0.375. The standard InChI is InChI=1S/C10H12N2O2/c1-2-14-10-11-7-9(8-12-10)5-3-4-6-13/h3,5-8H,2,4H2,1H3. The van der Waals surface area contributed by atoms with Gasteiger partial charge in [-0.3, -0.25) is 0 Å². The lowest BCUT2D eigenvalue weighted by Gasteiger charge is -1.99. The minimum Gasteiger partial charge on any atom is -0.464 e. The molecule has 0 spiro atoms. The van der Waals surface area contributed by atoms with Gasteiger partial charge in [0.15, 0.2) is 0 Å². The van der Waals surface area contributed by atoms with Crippen LogP contribution in [0.3, 0.4) is 0 Å². The zero-order valence-corrected chi connectivity index (χ0v) is 8.01. The zero-order chi connectivity index (χ0) is 10.2. The van der Waals surface area contributed by atoms with E-state index in [0.29, 0.717) is 19.0 Å². The summed E-state index contributed by atoms with van der Waals surface area (Å²) in [6.07, 6.45) is 8.11. The van der Waals surface area contributed by atoms with Crippen LogP contribution in [-0.4, -0.2) is 22.9 Å². The second-order valence-corrected chi connectivity index (χ2v) is 2.54. The molecule has 0 saturated carbocycles. The largest absolute Gasteiger partial charge is 0.464 e. The Labute approximate surface area is 82.6 Å². The Kier molecular flexibility index (Phi) is 4.34. The monoisotopic (exact) mass is 192 g/mol. The fourth-order valence-electron chi connectivity index (χ4n) is 0.876. The van der Waals surface area contributed by atoms with Gasteiger partial charge in [-0.15, -0.1) is 0 Å². The first kappa shape index (κ1) is 10.4. The van der Waals surface area contributed by atoms with Crippen molar-refractivity contribution in [3.05, 3.63) is 24.0 Å². The maximum absolute atomic E-state index is 10.0. The van der Waals surface area contributed by atoms with E-state index >= 15 is 0 Å². The first-order chi connectivity index (χ1) is 6.86. The number of ether oxygens (including phenoxy) is 1. The highest BCUT2D eigenvalue weighted by Crippen LogP contribution is 2.04. The molecule has 0 unspecified atom stereocenters. The molecular formula is C10H12N2O2. The maximum Gasteiger partial charge on any atom is 0.316 e. The molecule has 1 heterocycles. The van der Waals surface area contributed by atoms with Gasteiger partial charge in [0.25, 0.3) is 0 Å². The van der Waals surface area contributed by atoms with Crippen LogP contribution >= 0.6 is 0 Å². The summed E-state index contributed by atoms with van der Waals surface area (Å²) in [6.45, 7) is 2.43. The molecule has 0 radical (unpaired) electrons. The molecule has 1 aromatic heterocycles. The van der Waals surface area contributed by atoms with Crippen molar-refractivity contribution in [2.45, 2.75) is 13.3 Å². The molecule has 0 aliphatic heterocycles. The quantitative estimate of drug-likeness (QED) is 0.663. The molecule has 0 aliphatic rings. The van der Waals surface area contributed by atoms with Gasteiger partial charge in [0.2, 0.25) is 0 Å². The van der Waals surface area contributed by atoms with E-state index in [-0.39, 0.29) is 0 Å². The Morgan fingerprint density at radius 2 is 2.14 bits per heavy atom. The molecule has 4 nitrogen and oxygen atoms in total. The summed E-state index contributed by atoms with van der Waals surface area (Å²) in [5.41, 5.74) is 0.857. The van der Waals surface area contributed by atoms with Crippen molar-refractivity contribution in [1.82, 2.24) is 9.97 Å². The van der Waals surface area contributed by atoms with Crippen LogP contribution in [0.25, 0.3) is 6.08 Å². The lowest BCUT2D eigenvalue weighted by atomic mass is 10.3. The topological polar surface area (TPSA) is 52.1 Å². The van der Waals surface area contributed by atoms with Crippen molar-refractivity contribution < 1.29 is 9.53 Å². The van der Waals surface area contributed by atoms with Crippen LogP contribution in [0.2, 0.25) is 0 Å². The van der Waals surface area contributed by atoms with Gasteiger partial charge in [-0.25, -0.2) is 9.97 Å². The highest BCUT2D eigenvalue weighted by atomic mass is 16.5. The van der Waals surface area contributed by atoms with Crippen molar-refractivity contribution in [3.8, 4) is 6.01 Å². The number of aldehydes is 1. The first-order valence-corrected chi connectivity index (χ1v) is 4.42. The molecule has 74 valence electrons. The molecule has 0 atom stereocenters.